The highest BCUT2D eigenvalue weighted by molar-refractivity contribution is 6.45. The fourth-order valence-electron chi connectivity index (χ4n) is 1.01. The van der Waals surface area contributed by atoms with Gasteiger partial charge in [0, 0.05) is 6.42 Å². The van der Waals surface area contributed by atoms with E-state index in [2.05, 4.69) is 4.79 Å². The molecule has 5 heteroatoms. The van der Waals surface area contributed by atoms with Crippen molar-refractivity contribution in [2.75, 3.05) is 7.11 Å². The van der Waals surface area contributed by atoms with Crippen molar-refractivity contribution in [3.8, 4) is 0 Å². The number of hydrogen-bond donors (Lipinski definition) is 0. The van der Waals surface area contributed by atoms with E-state index >= 15 is 0 Å². The van der Waals surface area contributed by atoms with Gasteiger partial charge >= 0.3 is 5.71 Å². The van der Waals surface area contributed by atoms with E-state index in [9.17, 15) is 4.79 Å². The van der Waals surface area contributed by atoms with E-state index in [1.807, 2.05) is 0 Å². The Labute approximate surface area is 74.4 Å². The zero-order valence-corrected chi connectivity index (χ0v) is 7.26. The molecule has 12 heavy (non-hydrogen) atoms. The molecule has 0 saturated heterocycles. The van der Waals surface area contributed by atoms with Crippen molar-refractivity contribution in [3.63, 3.8) is 0 Å². The van der Waals surface area contributed by atoms with Gasteiger partial charge in [0.15, 0.2) is 16.6 Å². The minimum atomic E-state index is -0.157. The maximum absolute atomic E-state index is 11.1. The second-order valence-corrected chi connectivity index (χ2v) is 2.70. The minimum Gasteiger partial charge on any atom is -0.491 e. The largest absolute Gasteiger partial charge is 0.491 e. The van der Waals surface area contributed by atoms with Crippen LogP contribution in [0.2, 0.25) is 0 Å². The minimum absolute atomic E-state index is 0.0794. The van der Waals surface area contributed by atoms with Gasteiger partial charge in [-0.15, -0.1) is 0 Å². The summed E-state index contributed by atoms with van der Waals surface area (Å²) in [5.41, 5.74) is 8.76. The van der Waals surface area contributed by atoms with Crippen LogP contribution in [0.1, 0.15) is 12.8 Å². The van der Waals surface area contributed by atoms with E-state index < -0.39 is 0 Å². The van der Waals surface area contributed by atoms with Gasteiger partial charge in [-0.05, 0) is 0 Å². The molecular formula is C7H7ClN2O2. The number of halogens is 1. The average molecular weight is 187 g/mol. The summed E-state index contributed by atoms with van der Waals surface area (Å²) in [6, 6.07) is 0. The predicted molar refractivity (Wildman–Crippen MR) is 42.8 cm³/mol. The third-order valence-electron chi connectivity index (χ3n) is 1.62. The fourth-order valence-corrected chi connectivity index (χ4v) is 1.32. The maximum atomic E-state index is 11.1. The average Bonchev–Trinajstić information content (AvgIpc) is 2.06. The molecule has 0 amide bonds. The molecule has 64 valence electrons. The van der Waals surface area contributed by atoms with E-state index in [1.165, 1.54) is 7.11 Å². The van der Waals surface area contributed by atoms with Gasteiger partial charge < -0.3 is 10.3 Å². The lowest BCUT2D eigenvalue weighted by Crippen LogP contribution is -2.18. The monoisotopic (exact) mass is 186 g/mol. The van der Waals surface area contributed by atoms with Gasteiger partial charge in [0.25, 0.3) is 0 Å². The molecule has 0 heterocycles. The molecule has 0 aliphatic heterocycles. The molecule has 4 nitrogen and oxygen atoms in total. The molecule has 0 aromatic carbocycles. The Balaban J connectivity index is 3.16. The topological polar surface area (TPSA) is 62.7 Å². The van der Waals surface area contributed by atoms with Crippen LogP contribution in [0.15, 0.2) is 10.8 Å². The number of ketones is 1. The lowest BCUT2D eigenvalue weighted by Gasteiger charge is -2.09. The normalized spacial score (nSPS) is 17.8. The van der Waals surface area contributed by atoms with Crippen LogP contribution in [0.3, 0.4) is 0 Å². The molecule has 0 bridgehead atoms. The van der Waals surface area contributed by atoms with E-state index in [-0.39, 0.29) is 23.0 Å². The van der Waals surface area contributed by atoms with Gasteiger partial charge in [0.2, 0.25) is 0 Å². The van der Waals surface area contributed by atoms with E-state index in [1.54, 1.807) is 0 Å². The number of nitrogens with zero attached hydrogens (tertiary/aromatic N) is 2. The highest BCUT2D eigenvalue weighted by Gasteiger charge is 2.30. The van der Waals surface area contributed by atoms with Gasteiger partial charge in [-0.1, -0.05) is 11.6 Å². The van der Waals surface area contributed by atoms with Crippen molar-refractivity contribution in [1.82, 2.24) is 0 Å². The van der Waals surface area contributed by atoms with E-state index in [0.29, 0.717) is 12.1 Å². The first-order chi connectivity index (χ1) is 5.70. The highest BCUT2D eigenvalue weighted by atomic mass is 35.5. The number of carbonyl (C=O) groups is 1. The summed E-state index contributed by atoms with van der Waals surface area (Å²) in [6.07, 6.45) is 0.639. The summed E-state index contributed by atoms with van der Waals surface area (Å²) in [6.45, 7) is 0. The number of allylic oxidation sites excluding steroid dienone is 2. The third-order valence-corrected chi connectivity index (χ3v) is 2.01. The molecule has 0 atom stereocenters. The summed E-state index contributed by atoms with van der Waals surface area (Å²) in [5, 5.41) is 0.108. The van der Waals surface area contributed by atoms with Gasteiger partial charge in [-0.25, -0.2) is 0 Å². The van der Waals surface area contributed by atoms with Crippen LogP contribution < -0.4 is 0 Å². The van der Waals surface area contributed by atoms with Crippen molar-refractivity contribution >= 4 is 23.1 Å². The van der Waals surface area contributed by atoms with Gasteiger partial charge in [-0.3, -0.25) is 4.79 Å². The molecule has 0 fully saturated rings. The van der Waals surface area contributed by atoms with Crippen molar-refractivity contribution in [1.29, 1.82) is 0 Å². The first kappa shape index (κ1) is 8.97. The van der Waals surface area contributed by atoms with Crippen LogP contribution in [-0.4, -0.2) is 23.4 Å². The van der Waals surface area contributed by atoms with Crippen LogP contribution >= 0.6 is 11.6 Å². The Hall–Kier alpha value is -1.12. The molecule has 0 aromatic heterocycles. The molecule has 0 saturated carbocycles. The molecule has 0 aromatic rings. The number of methoxy groups -OCH3 is 1. The zero-order chi connectivity index (χ0) is 9.14. The Morgan fingerprint density at radius 2 is 2.25 bits per heavy atom. The first-order valence-corrected chi connectivity index (χ1v) is 3.76. The van der Waals surface area contributed by atoms with Crippen LogP contribution in [0.4, 0.5) is 0 Å². The van der Waals surface area contributed by atoms with E-state index in [0.717, 1.165) is 0 Å². The second kappa shape index (κ2) is 3.52. The molecule has 0 radical (unpaired) electrons. The first-order valence-electron chi connectivity index (χ1n) is 3.39. The van der Waals surface area contributed by atoms with Gasteiger partial charge in [0.1, 0.15) is 0 Å². The quantitative estimate of drug-likeness (QED) is 0.455. The Morgan fingerprint density at radius 3 is 2.75 bits per heavy atom. The summed E-state index contributed by atoms with van der Waals surface area (Å²) in [4.78, 5) is 14.0. The van der Waals surface area contributed by atoms with Crippen molar-refractivity contribution in [2.24, 2.45) is 0 Å². The fraction of sp³-hybridized carbons (Fsp3) is 0.429. The van der Waals surface area contributed by atoms with Crippen molar-refractivity contribution in [3.05, 3.63) is 16.3 Å². The third kappa shape index (κ3) is 1.40. The summed E-state index contributed by atoms with van der Waals surface area (Å²) in [5.74, 6) is -0.0781. The van der Waals surface area contributed by atoms with Gasteiger partial charge in [-0.2, -0.15) is 4.79 Å². The highest BCUT2D eigenvalue weighted by Crippen LogP contribution is 2.22. The molecule has 1 rings (SSSR count). The van der Waals surface area contributed by atoms with Crippen LogP contribution in [-0.2, 0) is 9.53 Å². The van der Waals surface area contributed by atoms with Crippen molar-refractivity contribution < 1.29 is 14.3 Å². The zero-order valence-electron chi connectivity index (χ0n) is 6.50. The van der Waals surface area contributed by atoms with Crippen LogP contribution in [0, 0.1) is 0 Å². The van der Waals surface area contributed by atoms with Crippen molar-refractivity contribution in [2.45, 2.75) is 12.8 Å². The lowest BCUT2D eigenvalue weighted by molar-refractivity contribution is -0.118. The number of rotatable bonds is 1. The summed E-state index contributed by atoms with van der Waals surface area (Å²) >= 11 is 5.69. The molecule has 0 N–H and O–H groups in total. The lowest BCUT2D eigenvalue weighted by atomic mass is 10.0. The predicted octanol–water partition coefficient (Wildman–Crippen LogP) is 1.12. The Kier molecular flexibility index (Phi) is 2.63. The van der Waals surface area contributed by atoms with Crippen LogP contribution in [0.5, 0.6) is 0 Å². The molecule has 0 spiro atoms. The number of ether oxygens (including phenoxy) is 1. The molecule has 0 unspecified atom stereocenters. The molecule has 1 aliphatic carbocycles. The number of carbonyl (C=O) groups excluding carboxylic acids is 1. The number of hydrogen-bond acceptors (Lipinski definition) is 2. The SMILES string of the molecule is COC1=C(Cl)C(=[N+]=[N-])CCC1=O. The molecular weight excluding hydrogens is 180 g/mol. The molecule has 1 aliphatic rings. The Bertz CT molecular complexity index is 303. The number of Topliss-reactive ketones (excluding diaryl/α,β-unsaturated/α-hetero) is 1. The van der Waals surface area contributed by atoms with E-state index in [4.69, 9.17) is 21.9 Å². The Morgan fingerprint density at radius 1 is 1.58 bits per heavy atom. The van der Waals surface area contributed by atoms with Gasteiger partial charge in [0.05, 0.1) is 13.5 Å². The van der Waals surface area contributed by atoms with Crippen LogP contribution in [0.25, 0.3) is 5.53 Å². The second-order valence-electron chi connectivity index (χ2n) is 2.32. The smallest absolute Gasteiger partial charge is 0.314 e. The standard InChI is InChI=1S/C7H7ClN2O2/c1-12-7-5(11)3-2-4(10-9)6(7)8/h2-3H2,1H3. The summed E-state index contributed by atoms with van der Waals surface area (Å²) < 4.78 is 4.75. The maximum Gasteiger partial charge on any atom is 0.314 e. The summed E-state index contributed by atoms with van der Waals surface area (Å²) in [7, 11) is 1.36.